The van der Waals surface area contributed by atoms with Crippen molar-refractivity contribution in [2.75, 3.05) is 32.8 Å². The molecule has 0 aromatic rings. The fourth-order valence-corrected chi connectivity index (χ4v) is 4.95. The van der Waals surface area contributed by atoms with Gasteiger partial charge in [-0.2, -0.15) is 17.0 Å². The third-order valence-corrected chi connectivity index (χ3v) is 6.69. The van der Waals surface area contributed by atoms with Gasteiger partial charge in [-0.25, -0.2) is 0 Å². The van der Waals surface area contributed by atoms with E-state index in [-0.39, 0.29) is 17.9 Å². The standard InChI is InChI=1S/C14H28N2O3S/c1-14(2)6-4-9-15(10-7-14)20(18,19)16-8-3-5-13(11-16)12-17/h13,17H,3-12H2,1-2H3. The van der Waals surface area contributed by atoms with Gasteiger partial charge < -0.3 is 5.11 Å². The summed E-state index contributed by atoms with van der Waals surface area (Å²) < 4.78 is 28.7. The summed E-state index contributed by atoms with van der Waals surface area (Å²) in [5, 5.41) is 9.26. The fourth-order valence-electron chi connectivity index (χ4n) is 3.18. The van der Waals surface area contributed by atoms with E-state index in [9.17, 15) is 13.5 Å². The molecule has 0 spiro atoms. The van der Waals surface area contributed by atoms with Crippen molar-refractivity contribution in [2.24, 2.45) is 11.3 Å². The molecule has 1 atom stereocenters. The summed E-state index contributed by atoms with van der Waals surface area (Å²) >= 11 is 0. The average molecular weight is 304 g/mol. The highest BCUT2D eigenvalue weighted by Crippen LogP contribution is 2.31. The maximum atomic E-state index is 12.7. The van der Waals surface area contributed by atoms with Crippen molar-refractivity contribution < 1.29 is 13.5 Å². The molecule has 118 valence electrons. The maximum Gasteiger partial charge on any atom is 0.281 e. The number of hydrogen-bond acceptors (Lipinski definition) is 3. The van der Waals surface area contributed by atoms with Gasteiger partial charge in [-0.3, -0.25) is 0 Å². The van der Waals surface area contributed by atoms with Crippen LogP contribution in [0.1, 0.15) is 46.0 Å². The van der Waals surface area contributed by atoms with E-state index < -0.39 is 10.2 Å². The van der Waals surface area contributed by atoms with E-state index in [0.717, 1.165) is 32.1 Å². The van der Waals surface area contributed by atoms with Crippen molar-refractivity contribution in [3.63, 3.8) is 0 Å². The van der Waals surface area contributed by atoms with Gasteiger partial charge in [-0.15, -0.1) is 0 Å². The Kier molecular flexibility index (Phi) is 5.10. The molecule has 1 N–H and O–H groups in total. The predicted octanol–water partition coefficient (Wildman–Crippen LogP) is 1.45. The quantitative estimate of drug-likeness (QED) is 0.858. The molecule has 0 aromatic heterocycles. The first-order valence-electron chi connectivity index (χ1n) is 7.71. The number of piperidine rings is 1. The van der Waals surface area contributed by atoms with Crippen LogP contribution in [-0.2, 0) is 10.2 Å². The third kappa shape index (κ3) is 3.72. The van der Waals surface area contributed by atoms with Crippen molar-refractivity contribution in [3.8, 4) is 0 Å². The highest BCUT2D eigenvalue weighted by molar-refractivity contribution is 7.86. The zero-order valence-corrected chi connectivity index (χ0v) is 13.5. The number of nitrogens with zero attached hydrogens (tertiary/aromatic N) is 2. The SMILES string of the molecule is CC1(C)CCCN(S(=O)(=O)N2CCCC(CO)C2)CC1. The van der Waals surface area contributed by atoms with Gasteiger partial charge in [0.05, 0.1) is 0 Å². The molecule has 0 saturated carbocycles. The number of hydrogen-bond donors (Lipinski definition) is 1. The Labute approximate surface area is 123 Å². The Bertz CT molecular complexity index is 422. The lowest BCUT2D eigenvalue weighted by Crippen LogP contribution is -2.48. The molecule has 2 aliphatic rings. The number of aliphatic hydroxyl groups is 1. The first-order valence-corrected chi connectivity index (χ1v) is 9.11. The van der Waals surface area contributed by atoms with E-state index in [1.165, 1.54) is 0 Å². The van der Waals surface area contributed by atoms with Crippen LogP contribution in [-0.4, -0.2) is 54.9 Å². The van der Waals surface area contributed by atoms with Gasteiger partial charge in [-0.05, 0) is 43.4 Å². The van der Waals surface area contributed by atoms with Gasteiger partial charge in [-0.1, -0.05) is 13.8 Å². The first-order chi connectivity index (χ1) is 9.35. The summed E-state index contributed by atoms with van der Waals surface area (Å²) in [6.45, 7) is 6.83. The zero-order valence-electron chi connectivity index (χ0n) is 12.7. The van der Waals surface area contributed by atoms with Gasteiger partial charge in [0.2, 0.25) is 0 Å². The molecule has 0 bridgehead atoms. The minimum absolute atomic E-state index is 0.0824. The third-order valence-electron chi connectivity index (χ3n) is 4.69. The lowest BCUT2D eigenvalue weighted by molar-refractivity contribution is 0.160. The Morgan fingerprint density at radius 2 is 1.80 bits per heavy atom. The van der Waals surface area contributed by atoms with E-state index in [4.69, 9.17) is 0 Å². The first kappa shape index (κ1) is 16.2. The zero-order chi connectivity index (χ0) is 14.8. The average Bonchev–Trinajstić information content (AvgIpc) is 2.60. The molecule has 20 heavy (non-hydrogen) atoms. The molecule has 6 heteroatoms. The van der Waals surface area contributed by atoms with E-state index in [1.54, 1.807) is 8.61 Å². The monoisotopic (exact) mass is 304 g/mol. The summed E-state index contributed by atoms with van der Waals surface area (Å²) in [5.74, 6) is 0.0990. The van der Waals surface area contributed by atoms with Crippen LogP contribution in [0.2, 0.25) is 0 Å². The minimum atomic E-state index is -3.35. The van der Waals surface area contributed by atoms with Crippen molar-refractivity contribution >= 4 is 10.2 Å². The van der Waals surface area contributed by atoms with Crippen LogP contribution in [0.3, 0.4) is 0 Å². The molecule has 1 unspecified atom stereocenters. The van der Waals surface area contributed by atoms with Gasteiger partial charge in [0.15, 0.2) is 0 Å². The van der Waals surface area contributed by atoms with E-state index in [2.05, 4.69) is 13.8 Å². The Morgan fingerprint density at radius 3 is 2.50 bits per heavy atom. The number of aliphatic hydroxyl groups excluding tert-OH is 1. The van der Waals surface area contributed by atoms with Crippen LogP contribution in [0, 0.1) is 11.3 Å². The topological polar surface area (TPSA) is 60.9 Å². The molecule has 5 nitrogen and oxygen atoms in total. The van der Waals surface area contributed by atoms with E-state index in [0.29, 0.717) is 26.2 Å². The Morgan fingerprint density at radius 1 is 1.10 bits per heavy atom. The van der Waals surface area contributed by atoms with Gasteiger partial charge in [0, 0.05) is 32.8 Å². The van der Waals surface area contributed by atoms with Crippen molar-refractivity contribution in [1.82, 2.24) is 8.61 Å². The normalized spacial score (nSPS) is 30.1. The second-order valence-electron chi connectivity index (χ2n) is 6.97. The van der Waals surface area contributed by atoms with Gasteiger partial charge in [0.1, 0.15) is 0 Å². The summed E-state index contributed by atoms with van der Waals surface area (Å²) in [6.07, 6.45) is 4.71. The fraction of sp³-hybridized carbons (Fsp3) is 1.00. The van der Waals surface area contributed by atoms with E-state index >= 15 is 0 Å². The molecule has 2 rings (SSSR count). The summed E-state index contributed by atoms with van der Waals surface area (Å²) in [6, 6.07) is 0. The molecule has 2 heterocycles. The smallest absolute Gasteiger partial charge is 0.281 e. The summed E-state index contributed by atoms with van der Waals surface area (Å²) in [4.78, 5) is 0. The molecule has 0 aliphatic carbocycles. The molecule has 0 radical (unpaired) electrons. The van der Waals surface area contributed by atoms with Crippen LogP contribution < -0.4 is 0 Å². The molecule has 0 aromatic carbocycles. The maximum absolute atomic E-state index is 12.7. The number of rotatable bonds is 3. The van der Waals surface area contributed by atoms with Crippen molar-refractivity contribution in [2.45, 2.75) is 46.0 Å². The molecular formula is C14H28N2O3S. The van der Waals surface area contributed by atoms with Crippen molar-refractivity contribution in [1.29, 1.82) is 0 Å². The molecule has 2 fully saturated rings. The second kappa shape index (κ2) is 6.30. The lowest BCUT2D eigenvalue weighted by atomic mass is 9.85. The highest BCUT2D eigenvalue weighted by Gasteiger charge is 2.35. The molecule has 2 aliphatic heterocycles. The second-order valence-corrected chi connectivity index (χ2v) is 8.90. The summed E-state index contributed by atoms with van der Waals surface area (Å²) in [5.41, 5.74) is 0.236. The molecule has 0 amide bonds. The highest BCUT2D eigenvalue weighted by atomic mass is 32.2. The van der Waals surface area contributed by atoms with Crippen LogP contribution in [0.15, 0.2) is 0 Å². The van der Waals surface area contributed by atoms with Crippen LogP contribution in [0.25, 0.3) is 0 Å². The van der Waals surface area contributed by atoms with Crippen LogP contribution >= 0.6 is 0 Å². The molecular weight excluding hydrogens is 276 g/mol. The lowest BCUT2D eigenvalue weighted by Gasteiger charge is -2.34. The Hall–Kier alpha value is -0.170. The Balaban J connectivity index is 2.05. The molecule has 2 saturated heterocycles. The van der Waals surface area contributed by atoms with Crippen molar-refractivity contribution in [3.05, 3.63) is 0 Å². The minimum Gasteiger partial charge on any atom is -0.396 e. The van der Waals surface area contributed by atoms with Crippen LogP contribution in [0.5, 0.6) is 0 Å². The van der Waals surface area contributed by atoms with Gasteiger partial charge in [0.25, 0.3) is 10.2 Å². The van der Waals surface area contributed by atoms with Crippen LogP contribution in [0.4, 0.5) is 0 Å². The van der Waals surface area contributed by atoms with Gasteiger partial charge >= 0.3 is 0 Å². The largest absolute Gasteiger partial charge is 0.396 e. The predicted molar refractivity (Wildman–Crippen MR) is 79.5 cm³/mol. The summed E-state index contributed by atoms with van der Waals surface area (Å²) in [7, 11) is -3.35. The van der Waals surface area contributed by atoms with E-state index in [1.807, 2.05) is 0 Å².